The van der Waals surface area contributed by atoms with Gasteiger partial charge >= 0.3 is 5.97 Å². The molecule has 0 aromatic heterocycles. The van der Waals surface area contributed by atoms with Gasteiger partial charge in [-0.2, -0.15) is 0 Å². The number of halogens is 1. The molecule has 0 heterocycles. The summed E-state index contributed by atoms with van der Waals surface area (Å²) in [6, 6.07) is 7.39. The highest BCUT2D eigenvalue weighted by atomic mass is 79.9. The molecule has 3 nitrogen and oxygen atoms in total. The first-order valence-electron chi connectivity index (χ1n) is 4.68. The lowest BCUT2D eigenvalue weighted by Gasteiger charge is -2.25. The highest BCUT2D eigenvalue weighted by Crippen LogP contribution is 2.25. The fourth-order valence-electron chi connectivity index (χ4n) is 1.41. The van der Waals surface area contributed by atoms with Crippen molar-refractivity contribution in [3.05, 3.63) is 34.3 Å². The quantitative estimate of drug-likeness (QED) is 0.858. The first-order valence-corrected chi connectivity index (χ1v) is 5.47. The number of benzene rings is 1. The summed E-state index contributed by atoms with van der Waals surface area (Å²) in [5, 5.41) is 0. The zero-order valence-corrected chi connectivity index (χ0v) is 10.4. The van der Waals surface area contributed by atoms with E-state index in [0.29, 0.717) is 6.42 Å². The SMILES string of the molecule is CCC(N)(C(=O)OC)c1cccc(Br)c1. The van der Waals surface area contributed by atoms with Gasteiger partial charge in [-0.1, -0.05) is 35.0 Å². The van der Waals surface area contributed by atoms with Crippen LogP contribution in [-0.4, -0.2) is 13.1 Å². The van der Waals surface area contributed by atoms with Crippen LogP contribution in [0.25, 0.3) is 0 Å². The van der Waals surface area contributed by atoms with Crippen molar-refractivity contribution in [2.75, 3.05) is 7.11 Å². The summed E-state index contributed by atoms with van der Waals surface area (Å²) in [6.45, 7) is 1.86. The smallest absolute Gasteiger partial charge is 0.330 e. The molecule has 15 heavy (non-hydrogen) atoms. The fourth-order valence-corrected chi connectivity index (χ4v) is 1.81. The van der Waals surface area contributed by atoms with Gasteiger partial charge in [-0.3, -0.25) is 0 Å². The van der Waals surface area contributed by atoms with Gasteiger partial charge in [0.25, 0.3) is 0 Å². The van der Waals surface area contributed by atoms with Crippen LogP contribution in [0, 0.1) is 0 Å². The number of carbonyl (C=O) groups excluding carboxylic acids is 1. The van der Waals surface area contributed by atoms with Crippen LogP contribution < -0.4 is 5.73 Å². The average Bonchev–Trinajstić information content (AvgIpc) is 2.26. The summed E-state index contributed by atoms with van der Waals surface area (Å²) in [6.07, 6.45) is 0.496. The van der Waals surface area contributed by atoms with Crippen LogP contribution in [0.3, 0.4) is 0 Å². The first-order chi connectivity index (χ1) is 7.04. The number of ether oxygens (including phenoxy) is 1. The van der Waals surface area contributed by atoms with E-state index in [2.05, 4.69) is 15.9 Å². The molecule has 0 fully saturated rings. The molecule has 1 aromatic carbocycles. The largest absolute Gasteiger partial charge is 0.467 e. The molecular formula is C11H14BrNO2. The van der Waals surface area contributed by atoms with E-state index in [0.717, 1.165) is 10.0 Å². The molecule has 4 heteroatoms. The molecule has 1 rings (SSSR count). The van der Waals surface area contributed by atoms with Crippen molar-refractivity contribution in [3.63, 3.8) is 0 Å². The molecule has 0 saturated carbocycles. The third-order valence-electron chi connectivity index (χ3n) is 2.45. The monoisotopic (exact) mass is 271 g/mol. The number of hydrogen-bond acceptors (Lipinski definition) is 3. The summed E-state index contributed by atoms with van der Waals surface area (Å²) in [4.78, 5) is 11.6. The predicted molar refractivity (Wildman–Crippen MR) is 62.3 cm³/mol. The van der Waals surface area contributed by atoms with Crippen LogP contribution in [0.5, 0.6) is 0 Å². The van der Waals surface area contributed by atoms with E-state index < -0.39 is 11.5 Å². The van der Waals surface area contributed by atoms with Gasteiger partial charge in [-0.15, -0.1) is 0 Å². The number of rotatable bonds is 3. The molecule has 0 aliphatic carbocycles. The molecule has 1 aromatic rings. The molecule has 1 atom stereocenters. The maximum atomic E-state index is 11.6. The Hall–Kier alpha value is -0.870. The number of esters is 1. The topological polar surface area (TPSA) is 52.3 Å². The van der Waals surface area contributed by atoms with Crippen LogP contribution >= 0.6 is 15.9 Å². The molecule has 0 bridgehead atoms. The van der Waals surface area contributed by atoms with Crippen molar-refractivity contribution >= 4 is 21.9 Å². The van der Waals surface area contributed by atoms with E-state index in [4.69, 9.17) is 10.5 Å². The Kier molecular flexibility index (Phi) is 3.88. The predicted octanol–water partition coefficient (Wildman–Crippen LogP) is 2.19. The standard InChI is InChI=1S/C11H14BrNO2/c1-3-11(13,10(14)15-2)8-5-4-6-9(12)7-8/h4-7H,3,13H2,1-2H3. The van der Waals surface area contributed by atoms with E-state index in [-0.39, 0.29) is 0 Å². The van der Waals surface area contributed by atoms with Crippen molar-refractivity contribution in [2.45, 2.75) is 18.9 Å². The van der Waals surface area contributed by atoms with E-state index in [1.165, 1.54) is 7.11 Å². The maximum absolute atomic E-state index is 11.6. The van der Waals surface area contributed by atoms with Crippen LogP contribution in [0.1, 0.15) is 18.9 Å². The lowest BCUT2D eigenvalue weighted by atomic mass is 9.88. The fraction of sp³-hybridized carbons (Fsp3) is 0.364. The Balaban J connectivity index is 3.16. The lowest BCUT2D eigenvalue weighted by Crippen LogP contribution is -2.45. The highest BCUT2D eigenvalue weighted by Gasteiger charge is 2.35. The van der Waals surface area contributed by atoms with Gasteiger partial charge in [-0.25, -0.2) is 4.79 Å². The van der Waals surface area contributed by atoms with Crippen molar-refractivity contribution in [1.82, 2.24) is 0 Å². The summed E-state index contributed by atoms with van der Waals surface area (Å²) in [5.74, 6) is -0.414. The second-order valence-electron chi connectivity index (χ2n) is 3.33. The number of methoxy groups -OCH3 is 1. The third-order valence-corrected chi connectivity index (χ3v) is 2.94. The maximum Gasteiger partial charge on any atom is 0.330 e. The molecule has 0 aliphatic rings. The minimum atomic E-state index is -1.06. The summed E-state index contributed by atoms with van der Waals surface area (Å²) < 4.78 is 5.62. The second-order valence-corrected chi connectivity index (χ2v) is 4.24. The van der Waals surface area contributed by atoms with Crippen molar-refractivity contribution in [2.24, 2.45) is 5.73 Å². The first kappa shape index (κ1) is 12.2. The van der Waals surface area contributed by atoms with E-state index in [1.807, 2.05) is 31.2 Å². The van der Waals surface area contributed by atoms with Crippen molar-refractivity contribution in [3.8, 4) is 0 Å². The van der Waals surface area contributed by atoms with Gasteiger partial charge in [0.1, 0.15) is 5.54 Å². The summed E-state index contributed by atoms with van der Waals surface area (Å²) in [7, 11) is 1.34. The van der Waals surface area contributed by atoms with E-state index in [9.17, 15) is 4.79 Å². The van der Waals surface area contributed by atoms with Gasteiger partial charge < -0.3 is 10.5 Å². The molecule has 0 radical (unpaired) electrons. The molecular weight excluding hydrogens is 258 g/mol. The molecule has 82 valence electrons. The third kappa shape index (κ3) is 2.38. The van der Waals surface area contributed by atoms with E-state index in [1.54, 1.807) is 0 Å². The molecule has 0 saturated heterocycles. The Morgan fingerprint density at radius 2 is 2.27 bits per heavy atom. The van der Waals surface area contributed by atoms with Crippen LogP contribution in [0.15, 0.2) is 28.7 Å². The molecule has 0 aliphatic heterocycles. The number of carbonyl (C=O) groups is 1. The van der Waals surface area contributed by atoms with Crippen LogP contribution in [0.2, 0.25) is 0 Å². The van der Waals surface area contributed by atoms with Crippen molar-refractivity contribution < 1.29 is 9.53 Å². The van der Waals surface area contributed by atoms with Crippen LogP contribution in [-0.2, 0) is 15.1 Å². The van der Waals surface area contributed by atoms with Crippen molar-refractivity contribution in [1.29, 1.82) is 0 Å². The lowest BCUT2D eigenvalue weighted by molar-refractivity contribution is -0.147. The Bertz CT molecular complexity index is 367. The van der Waals surface area contributed by atoms with Gasteiger partial charge in [-0.05, 0) is 24.1 Å². The van der Waals surface area contributed by atoms with Gasteiger partial charge in [0, 0.05) is 4.47 Å². The normalized spacial score (nSPS) is 14.4. The minimum Gasteiger partial charge on any atom is -0.467 e. The number of hydrogen-bond donors (Lipinski definition) is 1. The summed E-state index contributed by atoms with van der Waals surface area (Å²) in [5.41, 5.74) is 5.74. The molecule has 0 amide bonds. The van der Waals surface area contributed by atoms with E-state index >= 15 is 0 Å². The Labute approximate surface area is 97.7 Å². The average molecular weight is 272 g/mol. The zero-order chi connectivity index (χ0) is 11.5. The zero-order valence-electron chi connectivity index (χ0n) is 8.79. The Morgan fingerprint density at radius 1 is 1.60 bits per heavy atom. The highest BCUT2D eigenvalue weighted by molar-refractivity contribution is 9.10. The van der Waals surface area contributed by atoms with Gasteiger partial charge in [0.15, 0.2) is 0 Å². The molecule has 2 N–H and O–H groups in total. The summed E-state index contributed by atoms with van der Waals surface area (Å²) >= 11 is 3.35. The van der Waals surface area contributed by atoms with Crippen LogP contribution in [0.4, 0.5) is 0 Å². The number of nitrogens with two attached hydrogens (primary N) is 1. The molecule has 0 spiro atoms. The van der Waals surface area contributed by atoms with Gasteiger partial charge in [0.05, 0.1) is 7.11 Å². The minimum absolute atomic E-state index is 0.414. The molecule has 1 unspecified atom stereocenters. The van der Waals surface area contributed by atoms with Gasteiger partial charge in [0.2, 0.25) is 0 Å². The second kappa shape index (κ2) is 4.77. The Morgan fingerprint density at radius 3 is 2.73 bits per heavy atom.